The molecule has 1 atom stereocenters. The van der Waals surface area contributed by atoms with Gasteiger partial charge >= 0.3 is 0 Å². The van der Waals surface area contributed by atoms with Crippen LogP contribution in [0.3, 0.4) is 0 Å². The Morgan fingerprint density at radius 1 is 1.50 bits per heavy atom. The van der Waals surface area contributed by atoms with Gasteiger partial charge in [-0.05, 0) is 30.4 Å². The van der Waals surface area contributed by atoms with Crippen LogP contribution in [0.4, 0.5) is 0 Å². The van der Waals surface area contributed by atoms with E-state index in [1.165, 1.54) is 12.8 Å². The summed E-state index contributed by atoms with van der Waals surface area (Å²) >= 11 is 5.66. The Bertz CT molecular complexity index is 266. The van der Waals surface area contributed by atoms with Gasteiger partial charge in [-0.2, -0.15) is 0 Å². The molecule has 12 heavy (non-hydrogen) atoms. The molecule has 0 bridgehead atoms. The average Bonchev–Trinajstić information content (AvgIpc) is 2.87. The monoisotopic (exact) mass is 182 g/mol. The van der Waals surface area contributed by atoms with Gasteiger partial charge in [0.1, 0.15) is 5.15 Å². The Morgan fingerprint density at radius 2 is 2.25 bits per heavy atom. The topological polar surface area (TPSA) is 38.9 Å². The molecule has 1 heterocycles. The highest BCUT2D eigenvalue weighted by Gasteiger charge is 2.29. The van der Waals surface area contributed by atoms with Crippen LogP contribution in [-0.2, 0) is 0 Å². The van der Waals surface area contributed by atoms with Gasteiger partial charge < -0.3 is 5.73 Å². The van der Waals surface area contributed by atoms with Crippen LogP contribution in [0, 0.1) is 5.92 Å². The molecule has 0 unspecified atom stereocenters. The number of pyridine rings is 1. The first-order chi connectivity index (χ1) is 5.77. The summed E-state index contributed by atoms with van der Waals surface area (Å²) in [4.78, 5) is 4.00. The maximum Gasteiger partial charge on any atom is 0.129 e. The number of hydrogen-bond donors (Lipinski definition) is 1. The fourth-order valence-electron chi connectivity index (χ4n) is 1.31. The van der Waals surface area contributed by atoms with Gasteiger partial charge in [-0.3, -0.25) is 0 Å². The van der Waals surface area contributed by atoms with Crippen LogP contribution in [0.2, 0.25) is 5.15 Å². The van der Waals surface area contributed by atoms with Crippen molar-refractivity contribution in [1.82, 2.24) is 4.98 Å². The molecule has 3 heteroatoms. The lowest BCUT2D eigenvalue weighted by molar-refractivity contribution is 0.631. The molecular formula is C9H11ClN2. The Balaban J connectivity index is 2.16. The van der Waals surface area contributed by atoms with Gasteiger partial charge in [0.05, 0.1) is 0 Å². The lowest BCUT2D eigenvalue weighted by Gasteiger charge is -2.08. The second-order valence-corrected chi connectivity index (χ2v) is 3.66. The second kappa shape index (κ2) is 3.04. The molecule has 0 radical (unpaired) electrons. The first-order valence-corrected chi connectivity index (χ1v) is 4.52. The molecule has 1 aliphatic rings. The Labute approximate surface area is 76.7 Å². The number of hydrogen-bond acceptors (Lipinski definition) is 2. The van der Waals surface area contributed by atoms with Crippen LogP contribution in [-0.4, -0.2) is 4.98 Å². The first kappa shape index (κ1) is 8.02. The summed E-state index contributed by atoms with van der Waals surface area (Å²) in [6.07, 6.45) is 4.28. The summed E-state index contributed by atoms with van der Waals surface area (Å²) < 4.78 is 0. The van der Waals surface area contributed by atoms with E-state index in [0.29, 0.717) is 11.1 Å². The van der Waals surface area contributed by atoms with E-state index in [1.54, 1.807) is 12.3 Å². The van der Waals surface area contributed by atoms with Crippen molar-refractivity contribution in [1.29, 1.82) is 0 Å². The first-order valence-electron chi connectivity index (χ1n) is 4.14. The van der Waals surface area contributed by atoms with E-state index in [9.17, 15) is 0 Å². The van der Waals surface area contributed by atoms with E-state index in [0.717, 1.165) is 5.56 Å². The van der Waals surface area contributed by atoms with Gasteiger partial charge in [-0.1, -0.05) is 17.7 Å². The predicted octanol–water partition coefficient (Wildman–Crippen LogP) is 2.14. The highest BCUT2D eigenvalue weighted by atomic mass is 35.5. The molecule has 0 aliphatic heterocycles. The summed E-state index contributed by atoms with van der Waals surface area (Å²) in [7, 11) is 0. The average molecular weight is 183 g/mol. The highest BCUT2D eigenvalue weighted by molar-refractivity contribution is 6.29. The smallest absolute Gasteiger partial charge is 0.129 e. The standard InChI is InChI=1S/C9H11ClN2/c10-8-4-3-7(5-12-8)9(11)6-1-2-6/h3-6,9H,1-2,11H2/t9-/m0/s1. The molecule has 2 nitrogen and oxygen atoms in total. The molecule has 0 spiro atoms. The fraction of sp³-hybridized carbons (Fsp3) is 0.444. The molecule has 1 aromatic heterocycles. The van der Waals surface area contributed by atoms with Gasteiger partial charge in [-0.15, -0.1) is 0 Å². The van der Waals surface area contributed by atoms with Crippen molar-refractivity contribution >= 4 is 11.6 Å². The van der Waals surface area contributed by atoms with Crippen molar-refractivity contribution in [3.05, 3.63) is 29.0 Å². The zero-order valence-corrected chi connectivity index (χ0v) is 7.46. The van der Waals surface area contributed by atoms with Gasteiger partial charge in [0.2, 0.25) is 0 Å². The Morgan fingerprint density at radius 3 is 2.75 bits per heavy atom. The normalized spacial score (nSPS) is 19.2. The molecule has 0 aromatic carbocycles. The predicted molar refractivity (Wildman–Crippen MR) is 48.9 cm³/mol. The maximum atomic E-state index is 5.97. The molecule has 1 fully saturated rings. The van der Waals surface area contributed by atoms with Crippen LogP contribution >= 0.6 is 11.6 Å². The van der Waals surface area contributed by atoms with Crippen LogP contribution < -0.4 is 5.73 Å². The molecule has 2 N–H and O–H groups in total. The van der Waals surface area contributed by atoms with E-state index in [4.69, 9.17) is 17.3 Å². The van der Waals surface area contributed by atoms with E-state index < -0.39 is 0 Å². The van der Waals surface area contributed by atoms with Crippen LogP contribution in [0.5, 0.6) is 0 Å². The summed E-state index contributed by atoms with van der Waals surface area (Å²) in [5, 5.41) is 0.529. The number of halogens is 1. The van der Waals surface area contributed by atoms with Crippen molar-refractivity contribution in [2.24, 2.45) is 11.7 Å². The van der Waals surface area contributed by atoms with E-state index in [-0.39, 0.29) is 6.04 Å². The molecule has 2 rings (SSSR count). The fourth-order valence-corrected chi connectivity index (χ4v) is 1.42. The zero-order chi connectivity index (χ0) is 8.55. The zero-order valence-electron chi connectivity index (χ0n) is 6.70. The maximum absolute atomic E-state index is 5.97. The van der Waals surface area contributed by atoms with Crippen LogP contribution in [0.15, 0.2) is 18.3 Å². The van der Waals surface area contributed by atoms with Gasteiger partial charge in [-0.25, -0.2) is 4.98 Å². The SMILES string of the molecule is N[C@H](c1ccc(Cl)nc1)C1CC1. The summed E-state index contributed by atoms with van der Waals surface area (Å²) in [5.41, 5.74) is 7.07. The molecule has 64 valence electrons. The third-order valence-corrected chi connectivity index (χ3v) is 2.49. The van der Waals surface area contributed by atoms with Crippen molar-refractivity contribution < 1.29 is 0 Å². The van der Waals surface area contributed by atoms with Crippen molar-refractivity contribution in [2.75, 3.05) is 0 Å². The number of rotatable bonds is 2. The molecular weight excluding hydrogens is 172 g/mol. The number of nitrogens with two attached hydrogens (primary N) is 1. The lowest BCUT2D eigenvalue weighted by Crippen LogP contribution is -2.12. The minimum atomic E-state index is 0.162. The van der Waals surface area contributed by atoms with E-state index in [2.05, 4.69) is 4.98 Å². The van der Waals surface area contributed by atoms with E-state index >= 15 is 0 Å². The molecule has 1 aromatic rings. The third kappa shape index (κ3) is 1.59. The highest BCUT2D eigenvalue weighted by Crippen LogP contribution is 2.39. The van der Waals surface area contributed by atoms with Gasteiger partial charge in [0.25, 0.3) is 0 Å². The van der Waals surface area contributed by atoms with Crippen LogP contribution in [0.25, 0.3) is 0 Å². The largest absolute Gasteiger partial charge is 0.324 e. The summed E-state index contributed by atoms with van der Waals surface area (Å²) in [6.45, 7) is 0. The van der Waals surface area contributed by atoms with E-state index in [1.807, 2.05) is 6.07 Å². The number of aromatic nitrogens is 1. The third-order valence-electron chi connectivity index (χ3n) is 2.27. The van der Waals surface area contributed by atoms with Crippen LogP contribution in [0.1, 0.15) is 24.4 Å². The molecule has 0 amide bonds. The summed E-state index contributed by atoms with van der Waals surface area (Å²) in [5.74, 6) is 0.674. The van der Waals surface area contributed by atoms with Crippen molar-refractivity contribution in [2.45, 2.75) is 18.9 Å². The minimum Gasteiger partial charge on any atom is -0.324 e. The van der Waals surface area contributed by atoms with Crippen molar-refractivity contribution in [3.63, 3.8) is 0 Å². The molecule has 1 aliphatic carbocycles. The Hall–Kier alpha value is -0.600. The van der Waals surface area contributed by atoms with Gasteiger partial charge in [0, 0.05) is 12.2 Å². The lowest BCUT2D eigenvalue weighted by atomic mass is 10.1. The number of nitrogens with zero attached hydrogens (tertiary/aromatic N) is 1. The summed E-state index contributed by atoms with van der Waals surface area (Å²) in [6, 6.07) is 3.91. The quantitative estimate of drug-likeness (QED) is 0.712. The molecule has 1 saturated carbocycles. The Kier molecular flexibility index (Phi) is 2.03. The van der Waals surface area contributed by atoms with Gasteiger partial charge in [0.15, 0.2) is 0 Å². The minimum absolute atomic E-state index is 0.162. The second-order valence-electron chi connectivity index (χ2n) is 3.28. The molecule has 0 saturated heterocycles. The van der Waals surface area contributed by atoms with Crippen molar-refractivity contribution in [3.8, 4) is 0 Å².